The van der Waals surface area contributed by atoms with Crippen LogP contribution in [0.25, 0.3) is 6.08 Å². The Morgan fingerprint density at radius 2 is 2.00 bits per heavy atom. The molecule has 1 aliphatic carbocycles. The van der Waals surface area contributed by atoms with Gasteiger partial charge >= 0.3 is 0 Å². The number of hydrogen-bond donors (Lipinski definition) is 1. The third-order valence-electron chi connectivity index (χ3n) is 3.97. The van der Waals surface area contributed by atoms with Crippen molar-refractivity contribution in [2.24, 2.45) is 5.92 Å². The molecular formula is C16H19NO. The molecule has 1 aromatic rings. The van der Waals surface area contributed by atoms with Gasteiger partial charge in [0.15, 0.2) is 0 Å². The molecule has 94 valence electrons. The number of carbonyl (C=O) groups is 1. The lowest BCUT2D eigenvalue weighted by Crippen LogP contribution is -2.03. The predicted octanol–water partition coefficient (Wildman–Crippen LogP) is 3.77. The van der Waals surface area contributed by atoms with Crippen molar-refractivity contribution < 1.29 is 4.79 Å². The minimum absolute atomic E-state index is 0.110. The van der Waals surface area contributed by atoms with E-state index in [2.05, 4.69) is 29.6 Å². The molecule has 3 rings (SSSR count). The molecule has 2 aliphatic rings. The van der Waals surface area contributed by atoms with E-state index in [9.17, 15) is 4.79 Å². The van der Waals surface area contributed by atoms with Crippen molar-refractivity contribution in [3.63, 3.8) is 0 Å². The van der Waals surface area contributed by atoms with Gasteiger partial charge in [-0.1, -0.05) is 37.5 Å². The topological polar surface area (TPSA) is 29.1 Å². The largest absolute Gasteiger partial charge is 0.326 e. The summed E-state index contributed by atoms with van der Waals surface area (Å²) in [4.78, 5) is 11.3. The van der Waals surface area contributed by atoms with Crippen LogP contribution >= 0.6 is 0 Å². The first-order chi connectivity index (χ1) is 8.81. The van der Waals surface area contributed by atoms with Gasteiger partial charge in [-0.15, -0.1) is 0 Å². The van der Waals surface area contributed by atoms with Gasteiger partial charge in [-0.3, -0.25) is 4.79 Å². The molecule has 18 heavy (non-hydrogen) atoms. The van der Waals surface area contributed by atoms with Crippen molar-refractivity contribution >= 4 is 17.7 Å². The molecule has 0 unspecified atom stereocenters. The van der Waals surface area contributed by atoms with E-state index < -0.39 is 0 Å². The van der Waals surface area contributed by atoms with Crippen molar-refractivity contribution in [3.8, 4) is 0 Å². The summed E-state index contributed by atoms with van der Waals surface area (Å²) in [6.45, 7) is 0. The number of benzene rings is 1. The molecule has 2 heteroatoms. The molecule has 1 aliphatic heterocycles. The molecule has 0 atom stereocenters. The highest BCUT2D eigenvalue weighted by Crippen LogP contribution is 2.27. The van der Waals surface area contributed by atoms with Crippen LogP contribution in [0.5, 0.6) is 0 Å². The van der Waals surface area contributed by atoms with Crippen molar-refractivity contribution in [1.29, 1.82) is 0 Å². The van der Waals surface area contributed by atoms with Crippen LogP contribution in [0.4, 0.5) is 5.69 Å². The zero-order valence-electron chi connectivity index (χ0n) is 10.6. The van der Waals surface area contributed by atoms with Crippen LogP contribution in [0.2, 0.25) is 0 Å². The Labute approximate surface area is 108 Å². The summed E-state index contributed by atoms with van der Waals surface area (Å²) in [5, 5.41) is 2.87. The Bertz CT molecular complexity index is 484. The molecular weight excluding hydrogens is 222 g/mol. The van der Waals surface area contributed by atoms with Crippen molar-refractivity contribution in [2.45, 2.75) is 38.5 Å². The van der Waals surface area contributed by atoms with Crippen molar-refractivity contribution in [3.05, 3.63) is 35.4 Å². The summed E-state index contributed by atoms with van der Waals surface area (Å²) in [7, 11) is 0. The highest BCUT2D eigenvalue weighted by molar-refractivity contribution is 5.99. The van der Waals surface area contributed by atoms with Gasteiger partial charge in [0.1, 0.15) is 0 Å². The standard InChI is InChI=1S/C16H19NO/c18-16-11-14-10-13(8-9-15(14)17-16)7-6-12-4-2-1-3-5-12/h6-10,12H,1-5,11H2,(H,17,18)/b7-6+. The van der Waals surface area contributed by atoms with Gasteiger partial charge in [0.25, 0.3) is 0 Å². The van der Waals surface area contributed by atoms with Crippen LogP contribution < -0.4 is 5.32 Å². The summed E-state index contributed by atoms with van der Waals surface area (Å²) < 4.78 is 0. The normalized spacial score (nSPS) is 20.1. The number of allylic oxidation sites excluding steroid dienone is 1. The van der Waals surface area contributed by atoms with E-state index in [0.29, 0.717) is 6.42 Å². The van der Waals surface area contributed by atoms with E-state index in [1.54, 1.807) is 0 Å². The molecule has 0 aromatic heterocycles. The van der Waals surface area contributed by atoms with E-state index in [0.717, 1.165) is 17.2 Å². The van der Waals surface area contributed by atoms with Crippen LogP contribution in [-0.2, 0) is 11.2 Å². The molecule has 2 nitrogen and oxygen atoms in total. The molecule has 1 heterocycles. The highest BCUT2D eigenvalue weighted by Gasteiger charge is 2.17. The summed E-state index contributed by atoms with van der Waals surface area (Å²) in [5.74, 6) is 0.866. The van der Waals surface area contributed by atoms with Gasteiger partial charge in [-0.05, 0) is 42.0 Å². The van der Waals surface area contributed by atoms with E-state index >= 15 is 0 Å². The lowest BCUT2D eigenvalue weighted by atomic mass is 9.88. The summed E-state index contributed by atoms with van der Waals surface area (Å²) >= 11 is 0. The quantitative estimate of drug-likeness (QED) is 0.839. The zero-order chi connectivity index (χ0) is 12.4. The number of rotatable bonds is 2. The second kappa shape index (κ2) is 4.97. The number of fused-ring (bicyclic) bond motifs is 1. The number of nitrogens with one attached hydrogen (secondary N) is 1. The predicted molar refractivity (Wildman–Crippen MR) is 74.4 cm³/mol. The average molecular weight is 241 g/mol. The maximum atomic E-state index is 11.3. The van der Waals surface area contributed by atoms with Gasteiger partial charge in [0.05, 0.1) is 6.42 Å². The Hall–Kier alpha value is -1.57. The lowest BCUT2D eigenvalue weighted by Gasteiger charge is -2.17. The van der Waals surface area contributed by atoms with Crippen LogP contribution in [-0.4, -0.2) is 5.91 Å². The first-order valence-electron chi connectivity index (χ1n) is 6.92. The van der Waals surface area contributed by atoms with E-state index in [-0.39, 0.29) is 5.91 Å². The molecule has 1 aromatic carbocycles. The fourth-order valence-corrected chi connectivity index (χ4v) is 2.93. The molecule has 1 fully saturated rings. The summed E-state index contributed by atoms with van der Waals surface area (Å²) in [5.41, 5.74) is 3.33. The Morgan fingerprint density at radius 1 is 1.17 bits per heavy atom. The molecule has 0 saturated heterocycles. The minimum atomic E-state index is 0.110. The zero-order valence-corrected chi connectivity index (χ0v) is 10.6. The SMILES string of the molecule is O=C1Cc2cc(/C=C/C3CCCCC3)ccc2N1. The Morgan fingerprint density at radius 3 is 2.83 bits per heavy atom. The average Bonchev–Trinajstić information content (AvgIpc) is 2.77. The van der Waals surface area contributed by atoms with Gasteiger partial charge < -0.3 is 5.32 Å². The minimum Gasteiger partial charge on any atom is -0.326 e. The monoisotopic (exact) mass is 241 g/mol. The Balaban J connectivity index is 1.71. The van der Waals surface area contributed by atoms with Gasteiger partial charge in [0.2, 0.25) is 5.91 Å². The second-order valence-electron chi connectivity index (χ2n) is 5.40. The highest BCUT2D eigenvalue weighted by atomic mass is 16.1. The van der Waals surface area contributed by atoms with E-state index in [1.807, 2.05) is 6.07 Å². The lowest BCUT2D eigenvalue weighted by molar-refractivity contribution is -0.115. The third-order valence-corrected chi connectivity index (χ3v) is 3.97. The fourth-order valence-electron chi connectivity index (χ4n) is 2.93. The van der Waals surface area contributed by atoms with Gasteiger partial charge in [0, 0.05) is 5.69 Å². The molecule has 0 bridgehead atoms. The van der Waals surface area contributed by atoms with E-state index in [1.165, 1.54) is 37.7 Å². The smallest absolute Gasteiger partial charge is 0.228 e. The van der Waals surface area contributed by atoms with Crippen LogP contribution in [0.1, 0.15) is 43.2 Å². The maximum absolute atomic E-state index is 11.3. The van der Waals surface area contributed by atoms with Gasteiger partial charge in [-0.25, -0.2) is 0 Å². The first kappa shape index (κ1) is 11.5. The fraction of sp³-hybridized carbons (Fsp3) is 0.438. The maximum Gasteiger partial charge on any atom is 0.228 e. The van der Waals surface area contributed by atoms with E-state index in [4.69, 9.17) is 0 Å². The second-order valence-corrected chi connectivity index (χ2v) is 5.40. The molecule has 1 amide bonds. The third kappa shape index (κ3) is 2.47. The number of carbonyl (C=O) groups excluding carboxylic acids is 1. The van der Waals surface area contributed by atoms with Crippen molar-refractivity contribution in [2.75, 3.05) is 5.32 Å². The molecule has 1 saturated carbocycles. The molecule has 1 N–H and O–H groups in total. The first-order valence-corrected chi connectivity index (χ1v) is 6.92. The van der Waals surface area contributed by atoms with Crippen LogP contribution in [0.3, 0.4) is 0 Å². The summed E-state index contributed by atoms with van der Waals surface area (Å²) in [6, 6.07) is 6.23. The van der Waals surface area contributed by atoms with Crippen molar-refractivity contribution in [1.82, 2.24) is 0 Å². The molecule has 0 radical (unpaired) electrons. The molecule has 0 spiro atoms. The summed E-state index contributed by atoms with van der Waals surface area (Å²) in [6.07, 6.45) is 11.9. The number of anilines is 1. The van der Waals surface area contributed by atoms with Crippen LogP contribution in [0, 0.1) is 5.92 Å². The Kier molecular flexibility index (Phi) is 3.18. The van der Waals surface area contributed by atoms with Gasteiger partial charge in [-0.2, -0.15) is 0 Å². The number of amides is 1. The number of hydrogen-bond acceptors (Lipinski definition) is 1. The van der Waals surface area contributed by atoms with Crippen LogP contribution in [0.15, 0.2) is 24.3 Å².